The summed E-state index contributed by atoms with van der Waals surface area (Å²) in [6.07, 6.45) is 4.32. The van der Waals surface area contributed by atoms with Crippen LogP contribution in [0, 0.1) is 0 Å². The number of nitrogens with two attached hydrogens (primary N) is 1. The molecule has 3 rings (SSSR count). The van der Waals surface area contributed by atoms with Gasteiger partial charge < -0.3 is 5.73 Å². The predicted molar refractivity (Wildman–Crippen MR) is 71.3 cm³/mol. The molecule has 18 heavy (non-hydrogen) atoms. The highest BCUT2D eigenvalue weighted by atomic mass is 35.5. The molecule has 0 unspecified atom stereocenters. The molecule has 0 amide bonds. The zero-order valence-corrected chi connectivity index (χ0v) is 10.6. The van der Waals surface area contributed by atoms with Gasteiger partial charge in [-0.05, 0) is 43.9 Å². The molecule has 1 aliphatic rings. The van der Waals surface area contributed by atoms with E-state index >= 15 is 0 Å². The number of rotatable bonds is 1. The molecule has 1 aromatic carbocycles. The van der Waals surface area contributed by atoms with Gasteiger partial charge in [-0.2, -0.15) is 5.10 Å². The molecule has 0 bridgehead atoms. The van der Waals surface area contributed by atoms with Crippen molar-refractivity contribution in [2.24, 2.45) is 0 Å². The van der Waals surface area contributed by atoms with Crippen LogP contribution in [0.15, 0.2) is 18.2 Å². The fourth-order valence-corrected chi connectivity index (χ4v) is 2.28. The zero-order valence-electron chi connectivity index (χ0n) is 9.86. The predicted octanol–water partition coefficient (Wildman–Crippen LogP) is 2.65. The Morgan fingerprint density at radius 2 is 1.83 bits per heavy atom. The van der Waals surface area contributed by atoms with Crippen LogP contribution in [0.2, 0.25) is 5.02 Å². The Balaban J connectivity index is 2.03. The quantitative estimate of drug-likeness (QED) is 0.801. The van der Waals surface area contributed by atoms with E-state index in [1.54, 1.807) is 12.1 Å². The normalized spacial score (nSPS) is 14.3. The molecule has 92 valence electrons. The lowest BCUT2D eigenvalue weighted by Gasteiger charge is -2.13. The Morgan fingerprint density at radius 3 is 2.61 bits per heavy atom. The van der Waals surface area contributed by atoms with E-state index < -0.39 is 0 Å². The fourth-order valence-electron chi connectivity index (χ4n) is 2.16. The molecule has 1 aromatic heterocycles. The smallest absolute Gasteiger partial charge is 0.182 e. The van der Waals surface area contributed by atoms with Crippen LogP contribution < -0.4 is 5.73 Å². The number of hydrogen-bond acceptors (Lipinski definition) is 4. The molecule has 1 aliphatic carbocycles. The van der Waals surface area contributed by atoms with Crippen molar-refractivity contribution < 1.29 is 0 Å². The minimum atomic E-state index is 0.537. The van der Waals surface area contributed by atoms with Crippen molar-refractivity contribution >= 4 is 17.3 Å². The van der Waals surface area contributed by atoms with E-state index in [2.05, 4.69) is 15.2 Å². The molecule has 0 fully saturated rings. The maximum absolute atomic E-state index is 5.90. The molecule has 4 nitrogen and oxygen atoms in total. The van der Waals surface area contributed by atoms with E-state index in [0.717, 1.165) is 29.8 Å². The summed E-state index contributed by atoms with van der Waals surface area (Å²) >= 11 is 5.90. The summed E-state index contributed by atoms with van der Waals surface area (Å²) < 4.78 is 0. The molecule has 2 aromatic rings. The first kappa shape index (κ1) is 11.4. The number of benzene rings is 1. The van der Waals surface area contributed by atoms with Crippen molar-refractivity contribution in [3.8, 4) is 11.4 Å². The third-order valence-corrected chi connectivity index (χ3v) is 3.51. The van der Waals surface area contributed by atoms with Crippen LogP contribution >= 0.6 is 11.6 Å². The Hall–Kier alpha value is -1.68. The molecule has 0 spiro atoms. The van der Waals surface area contributed by atoms with Gasteiger partial charge in [0, 0.05) is 5.56 Å². The lowest BCUT2D eigenvalue weighted by Crippen LogP contribution is -2.10. The minimum Gasteiger partial charge on any atom is -0.398 e. The standard InChI is InChI=1S/C13H13ClN4/c14-9-6-5-8(7-10(9)15)13-16-11-3-1-2-4-12(11)17-18-13/h5-7H,1-4,15H2. The number of aromatic nitrogens is 3. The fraction of sp³-hybridized carbons (Fsp3) is 0.308. The van der Waals surface area contributed by atoms with Crippen LogP contribution in [0.25, 0.3) is 11.4 Å². The Labute approximate surface area is 110 Å². The molecule has 0 saturated heterocycles. The highest BCUT2D eigenvalue weighted by Gasteiger charge is 2.14. The minimum absolute atomic E-state index is 0.537. The number of nitrogens with zero attached hydrogens (tertiary/aromatic N) is 3. The van der Waals surface area contributed by atoms with Crippen molar-refractivity contribution in [2.45, 2.75) is 25.7 Å². The summed E-state index contributed by atoms with van der Waals surface area (Å²) in [5.41, 5.74) is 9.29. The Bertz CT molecular complexity index is 598. The van der Waals surface area contributed by atoms with Gasteiger partial charge in [-0.1, -0.05) is 11.6 Å². The summed E-state index contributed by atoms with van der Waals surface area (Å²) in [6, 6.07) is 5.41. The van der Waals surface area contributed by atoms with Crippen molar-refractivity contribution in [3.05, 3.63) is 34.6 Å². The van der Waals surface area contributed by atoms with Crippen LogP contribution in [0.1, 0.15) is 24.2 Å². The van der Waals surface area contributed by atoms with Gasteiger partial charge in [-0.25, -0.2) is 4.98 Å². The average Bonchev–Trinajstić information content (AvgIpc) is 2.41. The van der Waals surface area contributed by atoms with E-state index in [1.807, 2.05) is 6.07 Å². The zero-order chi connectivity index (χ0) is 12.5. The van der Waals surface area contributed by atoms with E-state index in [9.17, 15) is 0 Å². The Morgan fingerprint density at radius 1 is 1.06 bits per heavy atom. The second kappa shape index (κ2) is 4.53. The summed E-state index contributed by atoms with van der Waals surface area (Å²) in [4.78, 5) is 4.58. The molecule has 0 saturated carbocycles. The van der Waals surface area contributed by atoms with Gasteiger partial charge in [0.1, 0.15) is 0 Å². The molecular formula is C13H13ClN4. The maximum atomic E-state index is 5.90. The van der Waals surface area contributed by atoms with Crippen molar-refractivity contribution in [1.82, 2.24) is 15.2 Å². The van der Waals surface area contributed by atoms with Gasteiger partial charge in [-0.3, -0.25) is 0 Å². The van der Waals surface area contributed by atoms with Gasteiger partial charge in [0.15, 0.2) is 5.82 Å². The van der Waals surface area contributed by atoms with Gasteiger partial charge in [-0.15, -0.1) is 5.10 Å². The van der Waals surface area contributed by atoms with Gasteiger partial charge >= 0.3 is 0 Å². The molecule has 1 heterocycles. The van der Waals surface area contributed by atoms with Crippen LogP contribution in [-0.4, -0.2) is 15.2 Å². The largest absolute Gasteiger partial charge is 0.398 e. The molecule has 0 aliphatic heterocycles. The van der Waals surface area contributed by atoms with Gasteiger partial charge in [0.05, 0.1) is 22.1 Å². The van der Waals surface area contributed by atoms with Crippen molar-refractivity contribution in [1.29, 1.82) is 0 Å². The van der Waals surface area contributed by atoms with Gasteiger partial charge in [0.25, 0.3) is 0 Å². The topological polar surface area (TPSA) is 64.7 Å². The molecule has 0 atom stereocenters. The second-order valence-electron chi connectivity index (χ2n) is 4.47. The van der Waals surface area contributed by atoms with E-state index in [-0.39, 0.29) is 0 Å². The summed E-state index contributed by atoms with van der Waals surface area (Å²) in [5, 5.41) is 8.98. The second-order valence-corrected chi connectivity index (χ2v) is 4.88. The van der Waals surface area contributed by atoms with E-state index in [1.165, 1.54) is 12.8 Å². The molecular weight excluding hydrogens is 248 g/mol. The van der Waals surface area contributed by atoms with Crippen LogP contribution in [0.4, 0.5) is 5.69 Å². The van der Waals surface area contributed by atoms with Gasteiger partial charge in [0.2, 0.25) is 0 Å². The van der Waals surface area contributed by atoms with Crippen LogP contribution in [0.5, 0.6) is 0 Å². The molecule has 5 heteroatoms. The summed E-state index contributed by atoms with van der Waals surface area (Å²) in [5.74, 6) is 0.624. The van der Waals surface area contributed by atoms with Crippen LogP contribution in [-0.2, 0) is 12.8 Å². The number of nitrogen functional groups attached to an aromatic ring is 1. The van der Waals surface area contributed by atoms with Crippen molar-refractivity contribution in [3.63, 3.8) is 0 Å². The highest BCUT2D eigenvalue weighted by Crippen LogP contribution is 2.25. The number of aryl methyl sites for hydroxylation is 2. The number of halogens is 1. The van der Waals surface area contributed by atoms with Crippen LogP contribution in [0.3, 0.4) is 0 Å². The van der Waals surface area contributed by atoms with Crippen molar-refractivity contribution in [2.75, 3.05) is 5.73 Å². The number of anilines is 1. The maximum Gasteiger partial charge on any atom is 0.182 e. The Kier molecular flexibility index (Phi) is 2.88. The third-order valence-electron chi connectivity index (χ3n) is 3.17. The molecule has 2 N–H and O–H groups in total. The van der Waals surface area contributed by atoms with E-state index in [4.69, 9.17) is 17.3 Å². The van der Waals surface area contributed by atoms with E-state index in [0.29, 0.717) is 16.5 Å². The first-order chi connectivity index (χ1) is 8.74. The SMILES string of the molecule is Nc1cc(-c2nnc3c(n2)CCCC3)ccc1Cl. The molecule has 0 radical (unpaired) electrons. The first-order valence-electron chi connectivity index (χ1n) is 6.02. The number of fused-ring (bicyclic) bond motifs is 1. The highest BCUT2D eigenvalue weighted by molar-refractivity contribution is 6.33. The average molecular weight is 261 g/mol. The lowest BCUT2D eigenvalue weighted by molar-refractivity contribution is 0.634. The first-order valence-corrected chi connectivity index (χ1v) is 6.40. The monoisotopic (exact) mass is 260 g/mol. The number of hydrogen-bond donors (Lipinski definition) is 1. The lowest BCUT2D eigenvalue weighted by atomic mass is 10.0. The summed E-state index contributed by atoms with van der Waals surface area (Å²) in [7, 11) is 0. The summed E-state index contributed by atoms with van der Waals surface area (Å²) in [6.45, 7) is 0. The third kappa shape index (κ3) is 2.04.